The first-order valence-electron chi connectivity index (χ1n) is 8.07. The highest BCUT2D eigenvalue weighted by molar-refractivity contribution is 7.92. The molecule has 1 N–H and O–H groups in total. The minimum atomic E-state index is -3.99. The summed E-state index contributed by atoms with van der Waals surface area (Å²) in [6.45, 7) is -0.00240. The van der Waals surface area contributed by atoms with Crippen molar-refractivity contribution in [3.8, 4) is 6.07 Å². The molecule has 0 bridgehead atoms. The van der Waals surface area contributed by atoms with E-state index in [0.29, 0.717) is 5.56 Å². The first kappa shape index (κ1) is 19.5. The van der Waals surface area contributed by atoms with Crippen molar-refractivity contribution in [3.05, 3.63) is 58.1 Å². The second-order valence-corrected chi connectivity index (χ2v) is 8.58. The van der Waals surface area contributed by atoms with E-state index in [1.54, 1.807) is 12.1 Å². The Kier molecular flexibility index (Phi) is 5.61. The van der Waals surface area contributed by atoms with Gasteiger partial charge in [-0.3, -0.25) is 9.52 Å². The van der Waals surface area contributed by atoms with Crippen molar-refractivity contribution in [1.82, 2.24) is 4.90 Å². The lowest BCUT2D eigenvalue weighted by Crippen LogP contribution is -2.33. The van der Waals surface area contributed by atoms with Gasteiger partial charge < -0.3 is 4.90 Å². The zero-order valence-corrected chi connectivity index (χ0v) is 16.4. The summed E-state index contributed by atoms with van der Waals surface area (Å²) in [6, 6.07) is 12.3. The third-order valence-electron chi connectivity index (χ3n) is 4.03. The molecule has 0 aliphatic heterocycles. The van der Waals surface area contributed by atoms with E-state index in [0.717, 1.165) is 12.8 Å². The third-order valence-corrected chi connectivity index (χ3v) is 6.13. The Morgan fingerprint density at radius 1 is 1.22 bits per heavy atom. The number of hydrogen-bond donors (Lipinski definition) is 1. The number of carbonyl (C=O) groups is 1. The molecule has 0 unspecified atom stereocenters. The lowest BCUT2D eigenvalue weighted by molar-refractivity contribution is 0.0765. The molecular formula is C18H15Cl2N3O3S. The van der Waals surface area contributed by atoms with Crippen LogP contribution in [0, 0.1) is 11.3 Å². The lowest BCUT2D eigenvalue weighted by Gasteiger charge is -2.19. The summed E-state index contributed by atoms with van der Waals surface area (Å²) >= 11 is 11.8. The van der Waals surface area contributed by atoms with Crippen molar-refractivity contribution in [2.45, 2.75) is 23.8 Å². The maximum Gasteiger partial charge on any atom is 0.263 e. The quantitative estimate of drug-likeness (QED) is 0.712. The van der Waals surface area contributed by atoms with Gasteiger partial charge in [0.1, 0.15) is 11.4 Å². The lowest BCUT2D eigenvalue weighted by atomic mass is 10.1. The van der Waals surface area contributed by atoms with Gasteiger partial charge in [-0.15, -0.1) is 0 Å². The van der Waals surface area contributed by atoms with E-state index < -0.39 is 10.0 Å². The molecule has 1 saturated carbocycles. The number of halogens is 2. The van der Waals surface area contributed by atoms with Crippen molar-refractivity contribution in [1.29, 1.82) is 5.26 Å². The van der Waals surface area contributed by atoms with Gasteiger partial charge in [0, 0.05) is 22.3 Å². The number of hydrogen-bond acceptors (Lipinski definition) is 4. The van der Waals surface area contributed by atoms with Gasteiger partial charge in [0.2, 0.25) is 0 Å². The largest absolute Gasteiger partial charge is 0.322 e. The topological polar surface area (TPSA) is 90.3 Å². The molecule has 0 radical (unpaired) electrons. The standard InChI is InChI=1S/C18H15Cl2N3O3S/c19-13-4-7-16(20)17(11-13)27(25,26)22-14-3-1-2-12(10-14)18(24)23(9-8-21)15-5-6-15/h1-4,7,10-11,15,22H,5-6,9H2. The third kappa shape index (κ3) is 4.53. The normalized spacial score (nSPS) is 13.7. The van der Waals surface area contributed by atoms with Gasteiger partial charge in [-0.05, 0) is 49.2 Å². The van der Waals surface area contributed by atoms with Crippen molar-refractivity contribution < 1.29 is 13.2 Å². The van der Waals surface area contributed by atoms with Crippen LogP contribution in [0.3, 0.4) is 0 Å². The predicted octanol–water partition coefficient (Wildman–Crippen LogP) is 3.92. The minimum absolute atomic E-state index is 0.00240. The minimum Gasteiger partial charge on any atom is -0.322 e. The molecule has 0 heterocycles. The van der Waals surface area contributed by atoms with Crippen LogP contribution in [0.25, 0.3) is 0 Å². The van der Waals surface area contributed by atoms with Crippen LogP contribution in [0.15, 0.2) is 47.4 Å². The Labute approximate surface area is 167 Å². The van der Waals surface area contributed by atoms with Crippen LogP contribution in [0.4, 0.5) is 5.69 Å². The van der Waals surface area contributed by atoms with Crippen LogP contribution in [0.1, 0.15) is 23.2 Å². The molecule has 6 nitrogen and oxygen atoms in total. The number of rotatable bonds is 6. The molecule has 1 fully saturated rings. The molecular weight excluding hydrogens is 409 g/mol. The molecule has 3 rings (SSSR count). The van der Waals surface area contributed by atoms with Crippen molar-refractivity contribution in [2.75, 3.05) is 11.3 Å². The fourth-order valence-corrected chi connectivity index (χ4v) is 4.42. The summed E-state index contributed by atoms with van der Waals surface area (Å²) in [5.74, 6) is -0.305. The van der Waals surface area contributed by atoms with Crippen molar-refractivity contribution >= 4 is 44.8 Å². The van der Waals surface area contributed by atoms with E-state index >= 15 is 0 Å². The smallest absolute Gasteiger partial charge is 0.263 e. The monoisotopic (exact) mass is 423 g/mol. The zero-order valence-electron chi connectivity index (χ0n) is 14.0. The Balaban J connectivity index is 1.86. The highest BCUT2D eigenvalue weighted by atomic mass is 35.5. The maximum absolute atomic E-state index is 12.7. The molecule has 0 saturated heterocycles. The number of nitriles is 1. The molecule has 1 aliphatic carbocycles. The van der Waals surface area contributed by atoms with Crippen molar-refractivity contribution in [3.63, 3.8) is 0 Å². The number of carbonyl (C=O) groups excluding carboxylic acids is 1. The molecule has 140 valence electrons. The molecule has 2 aromatic rings. The molecule has 0 spiro atoms. The molecule has 2 aromatic carbocycles. The fourth-order valence-electron chi connectivity index (χ4n) is 2.60. The maximum atomic E-state index is 12.7. The Morgan fingerprint density at radius 3 is 2.63 bits per heavy atom. The molecule has 0 aromatic heterocycles. The van der Waals surface area contributed by atoms with E-state index in [-0.39, 0.29) is 39.1 Å². The summed E-state index contributed by atoms with van der Waals surface area (Å²) < 4.78 is 27.6. The SMILES string of the molecule is N#CCN(C(=O)c1cccc(NS(=O)(=O)c2cc(Cl)ccc2Cl)c1)C1CC1. The van der Waals surface area contributed by atoms with E-state index in [4.69, 9.17) is 28.5 Å². The van der Waals surface area contributed by atoms with Crippen LogP contribution in [-0.2, 0) is 10.0 Å². The van der Waals surface area contributed by atoms with Gasteiger partial charge in [0.15, 0.2) is 0 Å². The molecule has 1 aliphatic rings. The van der Waals surface area contributed by atoms with Crippen LogP contribution in [-0.4, -0.2) is 31.8 Å². The van der Waals surface area contributed by atoms with Gasteiger partial charge >= 0.3 is 0 Å². The second-order valence-electron chi connectivity index (χ2n) is 6.08. The highest BCUT2D eigenvalue weighted by Crippen LogP contribution is 2.29. The molecule has 27 heavy (non-hydrogen) atoms. The van der Waals surface area contributed by atoms with E-state index in [1.165, 1.54) is 35.2 Å². The van der Waals surface area contributed by atoms with Gasteiger partial charge in [0.25, 0.3) is 15.9 Å². The highest BCUT2D eigenvalue weighted by Gasteiger charge is 2.33. The summed E-state index contributed by atoms with van der Waals surface area (Å²) in [7, 11) is -3.99. The second kappa shape index (κ2) is 7.77. The number of sulfonamides is 1. The van der Waals surface area contributed by atoms with E-state index in [9.17, 15) is 13.2 Å². The molecule has 9 heteroatoms. The average Bonchev–Trinajstić information content (AvgIpc) is 3.46. The Morgan fingerprint density at radius 2 is 1.96 bits per heavy atom. The zero-order chi connectivity index (χ0) is 19.6. The summed E-state index contributed by atoms with van der Waals surface area (Å²) in [6.07, 6.45) is 1.74. The van der Waals surface area contributed by atoms with Crippen LogP contribution < -0.4 is 4.72 Å². The first-order chi connectivity index (χ1) is 12.8. The number of nitrogens with one attached hydrogen (secondary N) is 1. The van der Waals surface area contributed by atoms with Crippen LogP contribution in [0.5, 0.6) is 0 Å². The Hall–Kier alpha value is -2.27. The van der Waals surface area contributed by atoms with Crippen LogP contribution >= 0.6 is 23.2 Å². The number of nitrogens with zero attached hydrogens (tertiary/aromatic N) is 2. The number of anilines is 1. The van der Waals surface area contributed by atoms with Gasteiger partial charge in [-0.25, -0.2) is 8.42 Å². The van der Waals surface area contributed by atoms with Gasteiger partial charge in [-0.2, -0.15) is 5.26 Å². The molecule has 1 amide bonds. The number of benzene rings is 2. The van der Waals surface area contributed by atoms with Crippen LogP contribution in [0.2, 0.25) is 10.0 Å². The summed E-state index contributed by atoms with van der Waals surface area (Å²) in [4.78, 5) is 14.0. The summed E-state index contributed by atoms with van der Waals surface area (Å²) in [5, 5.41) is 9.20. The Bertz CT molecular complexity index is 1030. The average molecular weight is 424 g/mol. The van der Waals surface area contributed by atoms with Gasteiger partial charge in [0.05, 0.1) is 11.1 Å². The predicted molar refractivity (Wildman–Crippen MR) is 103 cm³/mol. The summed E-state index contributed by atoms with van der Waals surface area (Å²) in [5.41, 5.74) is 0.513. The first-order valence-corrected chi connectivity index (χ1v) is 10.3. The fraction of sp³-hybridized carbons (Fsp3) is 0.222. The molecule has 0 atom stereocenters. The van der Waals surface area contributed by atoms with Crippen molar-refractivity contribution in [2.24, 2.45) is 0 Å². The van der Waals surface area contributed by atoms with E-state index in [2.05, 4.69) is 4.72 Å². The number of amides is 1. The van der Waals surface area contributed by atoms with E-state index in [1.807, 2.05) is 6.07 Å². The van der Waals surface area contributed by atoms with Gasteiger partial charge in [-0.1, -0.05) is 29.3 Å².